The molecule has 1 saturated heterocycles. The molecule has 0 spiro atoms. The summed E-state index contributed by atoms with van der Waals surface area (Å²) in [5.74, 6) is -0.613. The number of carbonyl (C=O) groups is 2. The normalized spacial score (nSPS) is 17.4. The monoisotopic (exact) mass is 556 g/mol. The molecule has 0 radical (unpaired) electrons. The summed E-state index contributed by atoms with van der Waals surface area (Å²) in [6, 6.07) is 22.4. The Labute approximate surface area is 222 Å². The molecule has 0 bridgehead atoms. The first-order valence-corrected chi connectivity index (χ1v) is 13.1. The van der Waals surface area contributed by atoms with Crippen molar-refractivity contribution < 1.29 is 14.7 Å². The van der Waals surface area contributed by atoms with Gasteiger partial charge >= 0.3 is 0 Å². The summed E-state index contributed by atoms with van der Waals surface area (Å²) in [7, 11) is 0. The molecule has 0 atom stereocenters. The van der Waals surface area contributed by atoms with Crippen LogP contribution in [0.2, 0.25) is 0 Å². The molecule has 2 amide bonds. The van der Waals surface area contributed by atoms with E-state index in [1.165, 1.54) is 4.90 Å². The maximum atomic E-state index is 13.0. The largest absolute Gasteiger partial charge is 0.385 e. The van der Waals surface area contributed by atoms with E-state index in [0.29, 0.717) is 49.3 Å². The second-order valence-electron chi connectivity index (χ2n) is 9.66. The Morgan fingerprint density at radius 2 is 1.27 bits per heavy atom. The lowest BCUT2D eigenvalue weighted by molar-refractivity contribution is -0.0280. The number of carbonyl (C=O) groups excluding carboxylic acids is 2. The van der Waals surface area contributed by atoms with Crippen LogP contribution in [0.5, 0.6) is 0 Å². The van der Waals surface area contributed by atoms with Crippen molar-refractivity contribution in [2.45, 2.75) is 31.5 Å². The number of para-hydroxylation sites is 2. The molecule has 1 N–H and O–H groups in total. The molecular formula is C29H25BrN4O3. The number of benzene rings is 3. The van der Waals surface area contributed by atoms with Gasteiger partial charge in [0.15, 0.2) is 0 Å². The highest BCUT2D eigenvalue weighted by atomic mass is 79.9. The van der Waals surface area contributed by atoms with Crippen molar-refractivity contribution in [2.75, 3.05) is 13.1 Å². The Morgan fingerprint density at radius 1 is 0.757 bits per heavy atom. The Morgan fingerprint density at radius 3 is 1.84 bits per heavy atom. The molecule has 4 aromatic rings. The van der Waals surface area contributed by atoms with E-state index in [4.69, 9.17) is 9.97 Å². The number of aromatic nitrogens is 2. The van der Waals surface area contributed by atoms with Gasteiger partial charge in [-0.15, -0.1) is 0 Å². The van der Waals surface area contributed by atoms with Crippen molar-refractivity contribution in [1.82, 2.24) is 19.8 Å². The number of fused-ring (bicyclic) bond motifs is 2. The van der Waals surface area contributed by atoms with Crippen LogP contribution in [0.15, 0.2) is 77.3 Å². The van der Waals surface area contributed by atoms with Gasteiger partial charge in [0.05, 0.1) is 45.7 Å². The number of piperidine rings is 1. The summed E-state index contributed by atoms with van der Waals surface area (Å²) in [5.41, 5.74) is 3.75. The molecule has 6 rings (SSSR count). The second-order valence-corrected chi connectivity index (χ2v) is 10.6. The highest BCUT2D eigenvalue weighted by molar-refractivity contribution is 9.10. The van der Waals surface area contributed by atoms with E-state index in [1.807, 2.05) is 48.5 Å². The van der Waals surface area contributed by atoms with Gasteiger partial charge in [-0.2, -0.15) is 0 Å². The molecule has 0 aliphatic carbocycles. The lowest BCUT2D eigenvalue weighted by Gasteiger charge is -2.38. The van der Waals surface area contributed by atoms with Crippen LogP contribution in [0, 0.1) is 0 Å². The van der Waals surface area contributed by atoms with Crippen LogP contribution in [0.3, 0.4) is 0 Å². The lowest BCUT2D eigenvalue weighted by Crippen LogP contribution is -2.42. The van der Waals surface area contributed by atoms with Gasteiger partial charge in [0.1, 0.15) is 0 Å². The maximum Gasteiger partial charge on any atom is 0.261 e. The Bertz CT molecular complexity index is 1480. The van der Waals surface area contributed by atoms with E-state index in [9.17, 15) is 14.7 Å². The summed E-state index contributed by atoms with van der Waals surface area (Å²) < 4.78 is 0.984. The van der Waals surface area contributed by atoms with Crippen LogP contribution in [-0.2, 0) is 18.7 Å². The summed E-state index contributed by atoms with van der Waals surface area (Å²) in [4.78, 5) is 39.3. The zero-order valence-corrected chi connectivity index (χ0v) is 21.7. The van der Waals surface area contributed by atoms with Crippen molar-refractivity contribution in [3.05, 3.63) is 105 Å². The Hall–Kier alpha value is -3.46. The summed E-state index contributed by atoms with van der Waals surface area (Å²) in [5, 5.41) is 11.3. The third-order valence-electron chi connectivity index (χ3n) is 7.35. The summed E-state index contributed by atoms with van der Waals surface area (Å²) in [6.45, 7) is 1.96. The number of amides is 2. The van der Waals surface area contributed by atoms with Gasteiger partial charge in [-0.25, -0.2) is 9.97 Å². The average molecular weight is 557 g/mol. The first-order chi connectivity index (χ1) is 17.9. The van der Waals surface area contributed by atoms with Crippen LogP contribution in [-0.4, -0.2) is 49.8 Å². The van der Waals surface area contributed by atoms with E-state index in [2.05, 4.69) is 20.8 Å². The number of nitrogens with zero attached hydrogens (tertiary/aromatic N) is 4. The third-order valence-corrected chi connectivity index (χ3v) is 7.88. The number of hydrogen-bond donors (Lipinski definition) is 1. The van der Waals surface area contributed by atoms with Gasteiger partial charge in [-0.05, 0) is 54.8 Å². The predicted octanol–water partition coefficient (Wildman–Crippen LogP) is 4.67. The maximum absolute atomic E-state index is 13.0. The molecule has 186 valence electrons. The van der Waals surface area contributed by atoms with E-state index in [-0.39, 0.29) is 18.4 Å². The lowest BCUT2D eigenvalue weighted by atomic mass is 9.84. The number of aliphatic hydroxyl groups is 1. The zero-order chi connectivity index (χ0) is 25.6. The van der Waals surface area contributed by atoms with Gasteiger partial charge in [0.25, 0.3) is 11.8 Å². The fourth-order valence-electron chi connectivity index (χ4n) is 5.20. The van der Waals surface area contributed by atoms with Crippen LogP contribution < -0.4 is 0 Å². The summed E-state index contributed by atoms with van der Waals surface area (Å²) in [6.07, 6.45) is 1.20. The fraction of sp³-hybridized carbons (Fsp3) is 0.241. The minimum absolute atomic E-state index is 0.0657. The van der Waals surface area contributed by atoms with E-state index in [0.717, 1.165) is 26.8 Å². The molecule has 3 aromatic carbocycles. The van der Waals surface area contributed by atoms with Crippen molar-refractivity contribution in [1.29, 1.82) is 0 Å². The Kier molecular flexibility index (Phi) is 6.10. The average Bonchev–Trinajstić information content (AvgIpc) is 3.15. The van der Waals surface area contributed by atoms with E-state index in [1.54, 1.807) is 24.3 Å². The number of halogens is 1. The van der Waals surface area contributed by atoms with Gasteiger partial charge in [0, 0.05) is 24.1 Å². The van der Waals surface area contributed by atoms with E-state index >= 15 is 0 Å². The Balaban J connectivity index is 1.25. The van der Waals surface area contributed by atoms with Gasteiger partial charge < -0.3 is 5.11 Å². The molecule has 2 aliphatic heterocycles. The number of likely N-dealkylation sites (tertiary alicyclic amines) is 1. The van der Waals surface area contributed by atoms with Crippen LogP contribution in [0.1, 0.15) is 50.5 Å². The molecular weight excluding hydrogens is 532 g/mol. The summed E-state index contributed by atoms with van der Waals surface area (Å²) >= 11 is 3.46. The van der Waals surface area contributed by atoms with Crippen molar-refractivity contribution in [3.63, 3.8) is 0 Å². The minimum Gasteiger partial charge on any atom is -0.385 e. The molecule has 1 fully saturated rings. The highest BCUT2D eigenvalue weighted by Gasteiger charge is 2.37. The van der Waals surface area contributed by atoms with E-state index < -0.39 is 5.60 Å². The molecule has 7 nitrogen and oxygen atoms in total. The van der Waals surface area contributed by atoms with Crippen molar-refractivity contribution >= 4 is 38.8 Å². The van der Waals surface area contributed by atoms with Gasteiger partial charge in [0.2, 0.25) is 0 Å². The molecule has 8 heteroatoms. The third kappa shape index (κ3) is 4.45. The number of rotatable bonds is 5. The highest BCUT2D eigenvalue weighted by Crippen LogP contribution is 2.34. The zero-order valence-electron chi connectivity index (χ0n) is 20.1. The van der Waals surface area contributed by atoms with Crippen LogP contribution in [0.25, 0.3) is 11.0 Å². The number of hydrogen-bond acceptors (Lipinski definition) is 6. The second kappa shape index (κ2) is 9.45. The first-order valence-electron chi connectivity index (χ1n) is 12.3. The molecule has 1 aromatic heterocycles. The smallest absolute Gasteiger partial charge is 0.261 e. The van der Waals surface area contributed by atoms with Crippen LogP contribution in [0.4, 0.5) is 0 Å². The van der Waals surface area contributed by atoms with Crippen molar-refractivity contribution in [3.8, 4) is 0 Å². The molecule has 37 heavy (non-hydrogen) atoms. The van der Waals surface area contributed by atoms with Crippen molar-refractivity contribution in [2.24, 2.45) is 0 Å². The molecule has 3 heterocycles. The van der Waals surface area contributed by atoms with Gasteiger partial charge in [-0.1, -0.05) is 52.3 Å². The SMILES string of the molecule is O=C1c2ccccc2C(=O)N1Cc1nc2ccccc2nc1CN1CCC(O)(c2ccc(Br)cc2)CC1. The minimum atomic E-state index is -0.866. The van der Waals surface area contributed by atoms with Crippen LogP contribution >= 0.6 is 15.9 Å². The topological polar surface area (TPSA) is 86.6 Å². The standard InChI is InChI=1S/C29H25BrN4O3/c30-20-11-9-19(10-12-20)29(37)13-15-33(16-14-29)17-25-26(32-24-8-4-3-7-23(24)31-25)18-34-27(35)21-5-1-2-6-22(21)28(34)36/h1-12,37H,13-18H2. The molecule has 2 aliphatic rings. The predicted molar refractivity (Wildman–Crippen MR) is 143 cm³/mol. The fourth-order valence-corrected chi connectivity index (χ4v) is 5.46. The first kappa shape index (κ1) is 23.9. The molecule has 0 saturated carbocycles. The van der Waals surface area contributed by atoms with Gasteiger partial charge in [-0.3, -0.25) is 19.4 Å². The molecule has 0 unspecified atom stereocenters. The quantitative estimate of drug-likeness (QED) is 0.359. The number of imide groups is 1.